The third-order valence-electron chi connectivity index (χ3n) is 7.05. The highest BCUT2D eigenvalue weighted by Crippen LogP contribution is 2.63. The number of amides is 2. The van der Waals surface area contributed by atoms with Crippen LogP contribution in [0.4, 0.5) is 0 Å². The van der Waals surface area contributed by atoms with Crippen molar-refractivity contribution >= 4 is 29.1 Å². The zero-order chi connectivity index (χ0) is 20.1. The molecule has 2 N–H and O–H groups in total. The van der Waals surface area contributed by atoms with Crippen LogP contribution in [0.1, 0.15) is 39.2 Å². The van der Waals surface area contributed by atoms with Crippen molar-refractivity contribution in [2.75, 3.05) is 0 Å². The van der Waals surface area contributed by atoms with Crippen molar-refractivity contribution in [1.29, 1.82) is 0 Å². The summed E-state index contributed by atoms with van der Waals surface area (Å²) in [5.74, 6) is -0.641. The van der Waals surface area contributed by atoms with E-state index in [1.807, 2.05) is 30.3 Å². The fourth-order valence-electron chi connectivity index (χ4n) is 5.26. The average molecular weight is 398 g/mol. The van der Waals surface area contributed by atoms with E-state index in [2.05, 4.69) is 43.7 Å². The molecule has 3 aliphatic carbocycles. The molecule has 1 aromatic rings. The number of carbonyl (C=O) groups is 2. The van der Waals surface area contributed by atoms with Crippen molar-refractivity contribution in [3.63, 3.8) is 0 Å². The Hall–Kier alpha value is -2.21. The van der Waals surface area contributed by atoms with Crippen LogP contribution in [0, 0.1) is 28.6 Å². The van der Waals surface area contributed by atoms with Crippen LogP contribution >= 0.6 is 12.2 Å². The van der Waals surface area contributed by atoms with Crippen molar-refractivity contribution in [3.8, 4) is 0 Å². The molecule has 1 saturated carbocycles. The summed E-state index contributed by atoms with van der Waals surface area (Å²) in [6.45, 7) is 6.93. The average Bonchev–Trinajstić information content (AvgIpc) is 2.95. The van der Waals surface area contributed by atoms with Crippen molar-refractivity contribution < 1.29 is 9.59 Å². The first-order chi connectivity index (χ1) is 13.3. The third kappa shape index (κ3) is 2.77. The number of hydrazine groups is 1. The van der Waals surface area contributed by atoms with Crippen LogP contribution in [0.5, 0.6) is 0 Å². The molecule has 6 heteroatoms. The maximum Gasteiger partial charge on any atom is 0.253 e. The van der Waals surface area contributed by atoms with Gasteiger partial charge in [0, 0.05) is 12.0 Å². The quantitative estimate of drug-likeness (QED) is 0.464. The van der Waals surface area contributed by atoms with Gasteiger partial charge in [-0.25, -0.2) is 0 Å². The lowest BCUT2D eigenvalue weighted by molar-refractivity contribution is -0.143. The summed E-state index contributed by atoms with van der Waals surface area (Å²) in [5, 5.41) is 4.54. The molecule has 4 atom stereocenters. The third-order valence-corrected chi connectivity index (χ3v) is 7.29. The minimum Gasteiger partial charge on any atom is -0.357 e. The minimum absolute atomic E-state index is 0.150. The zero-order valence-corrected chi connectivity index (χ0v) is 17.4. The van der Waals surface area contributed by atoms with Gasteiger partial charge in [0.15, 0.2) is 5.11 Å². The van der Waals surface area contributed by atoms with Gasteiger partial charge in [0.05, 0.1) is 11.8 Å². The second-order valence-electron chi connectivity index (χ2n) is 8.85. The van der Waals surface area contributed by atoms with Gasteiger partial charge in [0.25, 0.3) is 11.8 Å². The van der Waals surface area contributed by atoms with Gasteiger partial charge >= 0.3 is 0 Å². The topological polar surface area (TPSA) is 61.4 Å². The smallest absolute Gasteiger partial charge is 0.253 e. The SMILES string of the molecule is CC(C)[C@@]12C=C[C@@](C)(CC1)C1C(=O)N(NC(=S)NCc3ccccc3)C(=O)C12. The largest absolute Gasteiger partial charge is 0.357 e. The van der Waals surface area contributed by atoms with E-state index >= 15 is 0 Å². The van der Waals surface area contributed by atoms with Crippen molar-refractivity contribution in [1.82, 2.24) is 15.8 Å². The molecule has 2 bridgehead atoms. The van der Waals surface area contributed by atoms with E-state index in [0.717, 1.165) is 18.4 Å². The molecular weight excluding hydrogens is 370 g/mol. The van der Waals surface area contributed by atoms with Gasteiger partial charge in [-0.3, -0.25) is 15.0 Å². The number of nitrogens with zero attached hydrogens (tertiary/aromatic N) is 1. The lowest BCUT2D eigenvalue weighted by Crippen LogP contribution is -2.53. The Morgan fingerprint density at radius 3 is 2.43 bits per heavy atom. The molecule has 5 rings (SSSR count). The van der Waals surface area contributed by atoms with Crippen LogP contribution in [-0.4, -0.2) is 21.9 Å². The molecule has 1 heterocycles. The van der Waals surface area contributed by atoms with Gasteiger partial charge in [-0.15, -0.1) is 0 Å². The molecule has 28 heavy (non-hydrogen) atoms. The Bertz CT molecular complexity index is 853. The highest BCUT2D eigenvalue weighted by atomic mass is 32.1. The Balaban J connectivity index is 1.52. The Kier molecular flexibility index (Phi) is 4.57. The number of thiocarbonyl (C=S) groups is 1. The normalized spacial score (nSPS) is 33.4. The molecule has 1 aromatic carbocycles. The summed E-state index contributed by atoms with van der Waals surface area (Å²) in [6, 6.07) is 9.86. The number of carbonyl (C=O) groups excluding carboxylic acids is 2. The van der Waals surface area contributed by atoms with E-state index in [-0.39, 0.29) is 39.6 Å². The molecule has 0 aromatic heterocycles. The number of fused-ring (bicyclic) bond motifs is 1. The number of rotatable bonds is 4. The van der Waals surface area contributed by atoms with Crippen molar-refractivity contribution in [2.24, 2.45) is 28.6 Å². The van der Waals surface area contributed by atoms with Crippen LogP contribution in [0.25, 0.3) is 0 Å². The minimum atomic E-state index is -0.314. The lowest BCUT2D eigenvalue weighted by Gasteiger charge is -2.55. The van der Waals surface area contributed by atoms with Gasteiger partial charge in [-0.1, -0.05) is 63.3 Å². The highest BCUT2D eigenvalue weighted by molar-refractivity contribution is 7.80. The number of nitrogens with one attached hydrogen (secondary N) is 2. The zero-order valence-electron chi connectivity index (χ0n) is 16.6. The van der Waals surface area contributed by atoms with Crippen LogP contribution in [-0.2, 0) is 16.1 Å². The number of benzene rings is 1. The fraction of sp³-hybridized carbons (Fsp3) is 0.500. The first-order valence-corrected chi connectivity index (χ1v) is 10.4. The van der Waals surface area contributed by atoms with E-state index in [1.54, 1.807) is 0 Å². The maximum absolute atomic E-state index is 13.3. The van der Waals surface area contributed by atoms with Crippen LogP contribution in [0.3, 0.4) is 0 Å². The Morgan fingerprint density at radius 1 is 1.14 bits per heavy atom. The number of hydrogen-bond acceptors (Lipinski definition) is 3. The lowest BCUT2D eigenvalue weighted by atomic mass is 9.46. The standard InChI is InChI=1S/C22H27N3O2S/c1-14(2)22-11-9-21(3,10-12-22)16-17(22)19(27)25(18(16)26)24-20(28)23-13-15-7-5-4-6-8-15/h4-9,11,14,16-17H,10,12-13H2,1-3H3,(H2,23,24,28)/t16?,17?,21-,22+/m0/s1. The van der Waals surface area contributed by atoms with E-state index in [0.29, 0.717) is 12.5 Å². The molecule has 4 aliphatic rings. The number of imide groups is 1. The fourth-order valence-corrected chi connectivity index (χ4v) is 5.42. The molecule has 2 fully saturated rings. The molecule has 5 nitrogen and oxygen atoms in total. The summed E-state index contributed by atoms with van der Waals surface area (Å²) in [4.78, 5) is 26.6. The predicted molar refractivity (Wildman–Crippen MR) is 112 cm³/mol. The van der Waals surface area contributed by atoms with Crippen LogP contribution in [0.2, 0.25) is 0 Å². The summed E-state index contributed by atoms with van der Waals surface area (Å²) >= 11 is 5.36. The van der Waals surface area contributed by atoms with E-state index in [9.17, 15) is 9.59 Å². The van der Waals surface area contributed by atoms with Crippen molar-refractivity contribution in [3.05, 3.63) is 48.0 Å². The highest BCUT2D eigenvalue weighted by Gasteiger charge is 2.67. The molecule has 0 spiro atoms. The molecule has 1 saturated heterocycles. The van der Waals surface area contributed by atoms with Gasteiger partial charge in [-0.05, 0) is 42.0 Å². The summed E-state index contributed by atoms with van der Waals surface area (Å²) in [5.41, 5.74) is 3.45. The number of allylic oxidation sites excluding steroid dienone is 2. The summed E-state index contributed by atoms with van der Waals surface area (Å²) in [7, 11) is 0. The molecular formula is C22H27N3O2S. The monoisotopic (exact) mass is 397 g/mol. The maximum atomic E-state index is 13.3. The van der Waals surface area contributed by atoms with Crippen LogP contribution < -0.4 is 10.7 Å². The molecule has 0 radical (unpaired) electrons. The van der Waals surface area contributed by atoms with Gasteiger partial charge in [0.1, 0.15) is 0 Å². The van der Waals surface area contributed by atoms with E-state index in [4.69, 9.17) is 12.2 Å². The predicted octanol–water partition coefficient (Wildman–Crippen LogP) is 3.18. The molecule has 148 valence electrons. The first kappa shape index (κ1) is 19.1. The molecule has 2 unspecified atom stereocenters. The van der Waals surface area contributed by atoms with E-state index in [1.165, 1.54) is 5.01 Å². The second kappa shape index (κ2) is 6.69. The molecule has 2 amide bonds. The van der Waals surface area contributed by atoms with E-state index < -0.39 is 0 Å². The first-order valence-electron chi connectivity index (χ1n) is 9.95. The summed E-state index contributed by atoms with van der Waals surface area (Å²) < 4.78 is 0. The Labute approximate surface area is 171 Å². The molecule has 1 aliphatic heterocycles. The van der Waals surface area contributed by atoms with Gasteiger partial charge in [0.2, 0.25) is 0 Å². The van der Waals surface area contributed by atoms with Gasteiger partial charge in [-0.2, -0.15) is 5.01 Å². The van der Waals surface area contributed by atoms with Crippen LogP contribution in [0.15, 0.2) is 42.5 Å². The second-order valence-corrected chi connectivity index (χ2v) is 9.26. The summed E-state index contributed by atoms with van der Waals surface area (Å²) in [6.07, 6.45) is 6.27. The van der Waals surface area contributed by atoms with Gasteiger partial charge < -0.3 is 5.32 Å². The van der Waals surface area contributed by atoms with Crippen molar-refractivity contribution in [2.45, 2.75) is 40.2 Å². The Morgan fingerprint density at radius 2 is 1.82 bits per heavy atom. The number of hydrogen-bond donors (Lipinski definition) is 2.